The van der Waals surface area contributed by atoms with Gasteiger partial charge in [-0.05, 0) is 10.9 Å². The quantitative estimate of drug-likeness (QED) is 0.312. The zero-order chi connectivity index (χ0) is 9.68. The topological polar surface area (TPSA) is 79.5 Å². The van der Waals surface area contributed by atoms with E-state index in [1.807, 2.05) is 7.05 Å². The molecule has 0 amide bonds. The number of azide groups is 1. The summed E-state index contributed by atoms with van der Waals surface area (Å²) in [5.41, 5.74) is 8.21. The summed E-state index contributed by atoms with van der Waals surface area (Å²) in [6, 6.07) is -0.331. The first kappa shape index (κ1) is 9.63. The van der Waals surface area contributed by atoms with E-state index in [0.29, 0.717) is 6.42 Å². The second-order valence-electron chi connectivity index (χ2n) is 2.47. The van der Waals surface area contributed by atoms with Crippen molar-refractivity contribution in [3.8, 4) is 0 Å². The Kier molecular flexibility index (Phi) is 3.36. The van der Waals surface area contributed by atoms with Crippen molar-refractivity contribution in [1.82, 2.24) is 14.8 Å². The van der Waals surface area contributed by atoms with Gasteiger partial charge in [0.2, 0.25) is 0 Å². The summed E-state index contributed by atoms with van der Waals surface area (Å²) in [5, 5.41) is 12.5. The number of hydrogen-bond donors (Lipinski definition) is 0. The molecule has 0 bridgehead atoms. The van der Waals surface area contributed by atoms with Crippen LogP contribution >= 0.6 is 12.2 Å². The first-order valence-electron chi connectivity index (χ1n) is 3.60. The maximum absolute atomic E-state index is 8.21. The highest BCUT2D eigenvalue weighted by Crippen LogP contribution is 2.00. The fourth-order valence-corrected chi connectivity index (χ4v) is 1.01. The fourth-order valence-electron chi connectivity index (χ4n) is 0.861. The molecule has 1 unspecified atom stereocenters. The van der Waals surface area contributed by atoms with Crippen LogP contribution in [0, 0.1) is 0 Å². The Hall–Kier alpha value is -1.46. The minimum Gasteiger partial charge on any atom is -0.321 e. The maximum atomic E-state index is 8.21. The second kappa shape index (κ2) is 4.54. The van der Waals surface area contributed by atoms with Crippen molar-refractivity contribution >= 4 is 17.6 Å². The van der Waals surface area contributed by atoms with Gasteiger partial charge in [0.15, 0.2) is 0 Å². The number of hydrogen-bond acceptors (Lipinski definition) is 4. The molecule has 1 aromatic heterocycles. The van der Waals surface area contributed by atoms with Crippen LogP contribution in [-0.4, -0.2) is 26.2 Å². The highest BCUT2D eigenvalue weighted by molar-refractivity contribution is 7.79. The van der Waals surface area contributed by atoms with Crippen molar-refractivity contribution in [3.63, 3.8) is 0 Å². The molecule has 0 saturated carbocycles. The summed E-state index contributed by atoms with van der Waals surface area (Å²) in [5.74, 6) is 0.749. The Balaban J connectivity index is 2.72. The zero-order valence-electron chi connectivity index (χ0n) is 7.03. The van der Waals surface area contributed by atoms with Crippen molar-refractivity contribution in [3.05, 3.63) is 22.6 Å². The summed E-state index contributed by atoms with van der Waals surface area (Å²) in [7, 11) is 1.83. The lowest BCUT2D eigenvalue weighted by atomic mass is 10.2. The zero-order valence-corrected chi connectivity index (χ0v) is 7.85. The smallest absolute Gasteiger partial charge is 0.133 e. The van der Waals surface area contributed by atoms with Crippen LogP contribution in [0.15, 0.2) is 11.4 Å². The van der Waals surface area contributed by atoms with Crippen molar-refractivity contribution in [2.24, 2.45) is 12.2 Å². The van der Waals surface area contributed by atoms with E-state index in [9.17, 15) is 0 Å². The van der Waals surface area contributed by atoms with Gasteiger partial charge in [-0.25, -0.2) is 0 Å². The van der Waals surface area contributed by atoms with E-state index in [2.05, 4.69) is 20.2 Å². The molecule has 0 aliphatic carbocycles. The van der Waals surface area contributed by atoms with E-state index in [0.717, 1.165) is 5.82 Å². The van der Waals surface area contributed by atoms with Crippen LogP contribution in [0.3, 0.4) is 0 Å². The average Bonchev–Trinajstić information content (AvgIpc) is 2.51. The highest BCUT2D eigenvalue weighted by Gasteiger charge is 2.07. The molecule has 0 N–H and O–H groups in total. The van der Waals surface area contributed by atoms with Crippen molar-refractivity contribution in [2.75, 3.05) is 0 Å². The minimum atomic E-state index is -0.331. The molecular formula is C6H8N6S. The predicted octanol–water partition coefficient (Wildman–Crippen LogP) is 1.04. The molecule has 0 fully saturated rings. The lowest BCUT2D eigenvalue weighted by Crippen LogP contribution is -2.11. The van der Waals surface area contributed by atoms with E-state index >= 15 is 0 Å². The van der Waals surface area contributed by atoms with Crippen LogP contribution in [0.2, 0.25) is 0 Å². The summed E-state index contributed by atoms with van der Waals surface area (Å²) in [4.78, 5) is 2.69. The van der Waals surface area contributed by atoms with Crippen molar-refractivity contribution < 1.29 is 0 Å². The van der Waals surface area contributed by atoms with E-state index in [1.54, 1.807) is 10.9 Å². The first-order valence-corrected chi connectivity index (χ1v) is 4.07. The summed E-state index contributed by atoms with van der Waals surface area (Å²) < 4.78 is 1.76. The third-order valence-electron chi connectivity index (χ3n) is 1.55. The van der Waals surface area contributed by atoms with E-state index < -0.39 is 0 Å². The Morgan fingerprint density at radius 3 is 3.15 bits per heavy atom. The van der Waals surface area contributed by atoms with E-state index in [-0.39, 0.29) is 6.04 Å². The van der Waals surface area contributed by atoms with E-state index in [4.69, 9.17) is 17.7 Å². The molecule has 7 heteroatoms. The van der Waals surface area contributed by atoms with Crippen molar-refractivity contribution in [2.45, 2.75) is 12.5 Å². The van der Waals surface area contributed by atoms with Crippen LogP contribution in [0.1, 0.15) is 5.82 Å². The van der Waals surface area contributed by atoms with Crippen LogP contribution in [0.4, 0.5) is 0 Å². The Labute approximate surface area is 80.2 Å². The van der Waals surface area contributed by atoms with Gasteiger partial charge in [-0.2, -0.15) is 0 Å². The third kappa shape index (κ3) is 2.50. The van der Waals surface area contributed by atoms with Gasteiger partial charge in [-0.15, -0.1) is 10.2 Å². The minimum absolute atomic E-state index is 0.331. The molecule has 1 rings (SSSR count). The molecule has 13 heavy (non-hydrogen) atoms. The molecule has 1 aromatic rings. The van der Waals surface area contributed by atoms with Gasteiger partial charge in [-0.3, -0.25) is 0 Å². The standard InChI is InChI=1S/C6H8N6S/c1-12-4-8-10-6(12)2-5(3-13)9-11-7/h3-5H,2H2,1H3. The monoisotopic (exact) mass is 196 g/mol. The Bertz CT molecular complexity index is 339. The van der Waals surface area contributed by atoms with Gasteiger partial charge in [0.1, 0.15) is 12.2 Å². The summed E-state index contributed by atoms with van der Waals surface area (Å²) in [6.07, 6.45) is 2.08. The molecule has 0 radical (unpaired) electrons. The highest BCUT2D eigenvalue weighted by atomic mass is 32.1. The van der Waals surface area contributed by atoms with Gasteiger partial charge >= 0.3 is 0 Å². The van der Waals surface area contributed by atoms with Gasteiger partial charge in [0.25, 0.3) is 0 Å². The number of thiocarbonyl (C=S) groups is 1. The predicted molar refractivity (Wildman–Crippen MR) is 51.3 cm³/mol. The van der Waals surface area contributed by atoms with Crippen LogP contribution in [-0.2, 0) is 13.5 Å². The van der Waals surface area contributed by atoms with Gasteiger partial charge in [0, 0.05) is 18.4 Å². The van der Waals surface area contributed by atoms with Gasteiger partial charge in [-0.1, -0.05) is 17.3 Å². The molecule has 1 atom stereocenters. The Morgan fingerprint density at radius 2 is 2.69 bits per heavy atom. The van der Waals surface area contributed by atoms with Gasteiger partial charge < -0.3 is 4.57 Å². The molecule has 0 aliphatic rings. The number of aryl methyl sites for hydroxylation is 1. The first-order chi connectivity index (χ1) is 6.27. The van der Waals surface area contributed by atoms with Crippen LogP contribution in [0.5, 0.6) is 0 Å². The SMILES string of the molecule is Cn1cnnc1CC(C=S)N=[N+]=[N-]. The molecule has 0 aromatic carbocycles. The number of aromatic nitrogens is 3. The third-order valence-corrected chi connectivity index (χ3v) is 1.87. The average molecular weight is 196 g/mol. The van der Waals surface area contributed by atoms with Gasteiger partial charge in [0.05, 0.1) is 6.04 Å². The molecule has 6 nitrogen and oxygen atoms in total. The lowest BCUT2D eigenvalue weighted by Gasteiger charge is -2.02. The normalized spacial score (nSPS) is 11.8. The lowest BCUT2D eigenvalue weighted by molar-refractivity contribution is 0.738. The molecule has 68 valence electrons. The van der Waals surface area contributed by atoms with Crippen molar-refractivity contribution in [1.29, 1.82) is 0 Å². The molecular weight excluding hydrogens is 188 g/mol. The van der Waals surface area contributed by atoms with Crippen LogP contribution in [0.25, 0.3) is 10.4 Å². The largest absolute Gasteiger partial charge is 0.321 e. The maximum Gasteiger partial charge on any atom is 0.133 e. The molecule has 0 aliphatic heterocycles. The van der Waals surface area contributed by atoms with E-state index in [1.165, 1.54) is 5.37 Å². The summed E-state index contributed by atoms with van der Waals surface area (Å²) in [6.45, 7) is 0. The number of nitrogens with zero attached hydrogens (tertiary/aromatic N) is 6. The second-order valence-corrected chi connectivity index (χ2v) is 2.74. The molecule has 1 heterocycles. The number of rotatable bonds is 4. The molecule has 0 spiro atoms. The fraction of sp³-hybridized carbons (Fsp3) is 0.500. The Morgan fingerprint density at radius 1 is 1.92 bits per heavy atom. The van der Waals surface area contributed by atoms with Crippen LogP contribution < -0.4 is 0 Å². The summed E-state index contributed by atoms with van der Waals surface area (Å²) >= 11 is 4.71. The molecule has 0 saturated heterocycles.